The van der Waals surface area contributed by atoms with Gasteiger partial charge in [-0.25, -0.2) is 0 Å². The Balaban J connectivity index is 1.59. The van der Waals surface area contributed by atoms with Crippen LogP contribution < -0.4 is 10.1 Å². The molecule has 3 aromatic carbocycles. The third-order valence-corrected chi connectivity index (χ3v) is 4.57. The average molecular weight is 373 g/mol. The van der Waals surface area contributed by atoms with Crippen LogP contribution in [0.2, 0.25) is 0 Å². The molecule has 132 valence electrons. The summed E-state index contributed by atoms with van der Waals surface area (Å²) in [5, 5.41) is 7.03. The molecule has 0 atom stereocenters. The van der Waals surface area contributed by atoms with Gasteiger partial charge in [0.1, 0.15) is 16.3 Å². The van der Waals surface area contributed by atoms with Gasteiger partial charge in [0.2, 0.25) is 0 Å². The van der Waals surface area contributed by atoms with E-state index in [1.165, 1.54) is 0 Å². The minimum Gasteiger partial charge on any atom is -0.455 e. The van der Waals surface area contributed by atoms with E-state index in [0.29, 0.717) is 27.8 Å². The number of para-hydroxylation sites is 3. The molecule has 0 fully saturated rings. The van der Waals surface area contributed by atoms with Crippen LogP contribution in [0.25, 0.3) is 11.3 Å². The van der Waals surface area contributed by atoms with Crippen molar-refractivity contribution in [2.45, 2.75) is 0 Å². The van der Waals surface area contributed by atoms with Crippen LogP contribution in [0.3, 0.4) is 0 Å². The number of amides is 1. The number of rotatable bonds is 5. The summed E-state index contributed by atoms with van der Waals surface area (Å²) < 4.78 is 9.85. The molecule has 0 bridgehead atoms. The lowest BCUT2D eigenvalue weighted by atomic mass is 10.1. The maximum atomic E-state index is 12.8. The summed E-state index contributed by atoms with van der Waals surface area (Å²) in [7, 11) is 0. The molecule has 0 unspecified atom stereocenters. The monoisotopic (exact) mass is 373 g/mol. The van der Waals surface area contributed by atoms with E-state index < -0.39 is 0 Å². The van der Waals surface area contributed by atoms with Gasteiger partial charge < -0.3 is 10.1 Å². The molecule has 1 aromatic heterocycles. The molecule has 0 aliphatic rings. The van der Waals surface area contributed by atoms with Crippen molar-refractivity contribution in [2.24, 2.45) is 0 Å². The lowest BCUT2D eigenvalue weighted by Crippen LogP contribution is -2.12. The van der Waals surface area contributed by atoms with E-state index in [-0.39, 0.29) is 5.91 Å². The summed E-state index contributed by atoms with van der Waals surface area (Å²) in [6, 6.07) is 26.3. The number of ether oxygens (including phenoxy) is 1. The standard InChI is InChI=1S/C21H15N3O2S/c25-21(20-19(23-24-27-20)15-9-3-1-4-10-15)22-17-13-7-8-14-18(17)26-16-11-5-2-6-12-16/h1-14H,(H,22,25). The van der Waals surface area contributed by atoms with Crippen molar-refractivity contribution in [3.05, 3.63) is 89.8 Å². The molecule has 0 radical (unpaired) electrons. The van der Waals surface area contributed by atoms with E-state index in [1.54, 1.807) is 6.07 Å². The van der Waals surface area contributed by atoms with E-state index >= 15 is 0 Å². The van der Waals surface area contributed by atoms with Crippen molar-refractivity contribution in [1.29, 1.82) is 0 Å². The zero-order chi connectivity index (χ0) is 18.5. The fourth-order valence-corrected chi connectivity index (χ4v) is 3.16. The molecule has 0 saturated carbocycles. The van der Waals surface area contributed by atoms with Crippen molar-refractivity contribution < 1.29 is 9.53 Å². The SMILES string of the molecule is O=C(Nc1ccccc1Oc1ccccc1)c1snnc1-c1ccccc1. The second-order valence-electron chi connectivity index (χ2n) is 5.68. The van der Waals surface area contributed by atoms with Gasteiger partial charge in [-0.3, -0.25) is 4.79 Å². The summed E-state index contributed by atoms with van der Waals surface area (Å²) in [5.74, 6) is 0.993. The van der Waals surface area contributed by atoms with Gasteiger partial charge in [-0.15, -0.1) is 5.10 Å². The Morgan fingerprint density at radius 1 is 0.852 bits per heavy atom. The molecule has 6 heteroatoms. The van der Waals surface area contributed by atoms with Crippen LogP contribution >= 0.6 is 11.5 Å². The Hall–Kier alpha value is -3.51. The first-order valence-corrected chi connectivity index (χ1v) is 9.09. The molecule has 1 amide bonds. The van der Waals surface area contributed by atoms with E-state index in [4.69, 9.17) is 4.74 Å². The highest BCUT2D eigenvalue weighted by atomic mass is 32.1. The smallest absolute Gasteiger partial charge is 0.269 e. The van der Waals surface area contributed by atoms with Crippen LogP contribution in [-0.4, -0.2) is 15.5 Å². The fraction of sp³-hybridized carbons (Fsp3) is 0. The number of hydrogen-bond donors (Lipinski definition) is 1. The second-order valence-corrected chi connectivity index (χ2v) is 6.44. The molecular formula is C21H15N3O2S. The van der Waals surface area contributed by atoms with Gasteiger partial charge in [0.25, 0.3) is 5.91 Å². The van der Waals surface area contributed by atoms with Crippen LogP contribution in [0, 0.1) is 0 Å². The maximum Gasteiger partial charge on any atom is 0.269 e. The Labute approximate surface area is 160 Å². The first kappa shape index (κ1) is 16.9. The molecule has 0 aliphatic heterocycles. The highest BCUT2D eigenvalue weighted by molar-refractivity contribution is 7.08. The number of carbonyl (C=O) groups is 1. The van der Waals surface area contributed by atoms with Gasteiger partial charge >= 0.3 is 0 Å². The zero-order valence-corrected chi connectivity index (χ0v) is 15.0. The minimum atomic E-state index is -0.270. The molecule has 1 N–H and O–H groups in total. The third kappa shape index (κ3) is 3.86. The molecule has 0 aliphatic carbocycles. The van der Waals surface area contributed by atoms with Gasteiger partial charge in [-0.1, -0.05) is 65.2 Å². The predicted molar refractivity (Wildman–Crippen MR) is 106 cm³/mol. The number of hydrogen-bond acceptors (Lipinski definition) is 5. The highest BCUT2D eigenvalue weighted by Gasteiger charge is 2.19. The lowest BCUT2D eigenvalue weighted by Gasteiger charge is -2.12. The maximum absolute atomic E-state index is 12.8. The summed E-state index contributed by atoms with van der Waals surface area (Å²) in [6.07, 6.45) is 0. The summed E-state index contributed by atoms with van der Waals surface area (Å²) >= 11 is 1.07. The Morgan fingerprint density at radius 3 is 2.30 bits per heavy atom. The molecule has 4 rings (SSSR count). The Bertz CT molecular complexity index is 1050. The van der Waals surface area contributed by atoms with Gasteiger partial charge in [-0.05, 0) is 35.8 Å². The number of aromatic nitrogens is 2. The van der Waals surface area contributed by atoms with Gasteiger partial charge in [0, 0.05) is 5.56 Å². The van der Waals surface area contributed by atoms with Crippen molar-refractivity contribution in [2.75, 3.05) is 5.32 Å². The van der Waals surface area contributed by atoms with Crippen LogP contribution in [0.15, 0.2) is 84.9 Å². The molecular weight excluding hydrogens is 358 g/mol. The molecule has 5 nitrogen and oxygen atoms in total. The van der Waals surface area contributed by atoms with Crippen molar-refractivity contribution >= 4 is 23.1 Å². The Kier molecular flexibility index (Phi) is 4.89. The zero-order valence-electron chi connectivity index (χ0n) is 14.2. The molecule has 27 heavy (non-hydrogen) atoms. The summed E-state index contributed by atoms with van der Waals surface area (Å²) in [4.78, 5) is 13.3. The lowest BCUT2D eigenvalue weighted by molar-refractivity contribution is 0.103. The third-order valence-electron chi connectivity index (χ3n) is 3.85. The number of anilines is 1. The topological polar surface area (TPSA) is 64.1 Å². The quantitative estimate of drug-likeness (QED) is 0.519. The Morgan fingerprint density at radius 2 is 1.52 bits per heavy atom. The summed E-state index contributed by atoms with van der Waals surface area (Å²) in [6.45, 7) is 0. The van der Waals surface area contributed by atoms with E-state index in [1.807, 2.05) is 78.9 Å². The van der Waals surface area contributed by atoms with Crippen LogP contribution in [-0.2, 0) is 0 Å². The normalized spacial score (nSPS) is 10.4. The van der Waals surface area contributed by atoms with Crippen molar-refractivity contribution in [1.82, 2.24) is 9.59 Å². The first-order chi connectivity index (χ1) is 13.3. The van der Waals surface area contributed by atoms with Crippen LogP contribution in [0.1, 0.15) is 9.67 Å². The largest absolute Gasteiger partial charge is 0.455 e. The number of nitrogens with one attached hydrogen (secondary N) is 1. The van der Waals surface area contributed by atoms with Crippen molar-refractivity contribution in [3.8, 4) is 22.8 Å². The highest BCUT2D eigenvalue weighted by Crippen LogP contribution is 2.31. The molecule has 0 saturated heterocycles. The van der Waals surface area contributed by atoms with E-state index in [2.05, 4.69) is 14.9 Å². The summed E-state index contributed by atoms with van der Waals surface area (Å²) in [5.41, 5.74) is 2.00. The molecule has 1 heterocycles. The number of benzene rings is 3. The fourth-order valence-electron chi connectivity index (χ4n) is 2.58. The number of nitrogens with zero attached hydrogens (tertiary/aromatic N) is 2. The van der Waals surface area contributed by atoms with Gasteiger partial charge in [0.15, 0.2) is 5.75 Å². The van der Waals surface area contributed by atoms with Crippen LogP contribution in [0.5, 0.6) is 11.5 Å². The van der Waals surface area contributed by atoms with Gasteiger partial charge in [-0.2, -0.15) is 0 Å². The second kappa shape index (κ2) is 7.80. The van der Waals surface area contributed by atoms with E-state index in [9.17, 15) is 4.79 Å². The number of carbonyl (C=O) groups excluding carboxylic acids is 1. The van der Waals surface area contributed by atoms with Crippen LogP contribution in [0.4, 0.5) is 5.69 Å². The van der Waals surface area contributed by atoms with Crippen molar-refractivity contribution in [3.63, 3.8) is 0 Å². The van der Waals surface area contributed by atoms with Gasteiger partial charge in [0.05, 0.1) is 5.69 Å². The molecule has 0 spiro atoms. The van der Waals surface area contributed by atoms with E-state index in [0.717, 1.165) is 17.1 Å². The average Bonchev–Trinajstić information content (AvgIpc) is 3.21. The first-order valence-electron chi connectivity index (χ1n) is 8.32. The molecule has 4 aromatic rings. The predicted octanol–water partition coefficient (Wildman–Crippen LogP) is 5.25. The minimum absolute atomic E-state index is 0.270.